The number of piperidine rings is 2. The molecule has 1 N–H and O–H groups in total. The third kappa shape index (κ3) is 6.20. The third-order valence-electron chi connectivity index (χ3n) is 6.71. The first-order chi connectivity index (χ1) is 14.3. The Morgan fingerprint density at radius 2 is 2.07 bits per heavy atom. The molecule has 166 valence electrons. The fraction of sp³-hybridized carbons (Fsp3) is 0.625. The Kier molecular flexibility index (Phi) is 9.46. The summed E-state index contributed by atoms with van der Waals surface area (Å²) in [5.41, 5.74) is 2.96. The van der Waals surface area contributed by atoms with E-state index < -0.39 is 0 Å². The molecule has 0 bridgehead atoms. The molecule has 4 rings (SSSR count). The highest BCUT2D eigenvalue weighted by molar-refractivity contribution is 14.0. The molecule has 2 fully saturated rings. The van der Waals surface area contributed by atoms with Crippen molar-refractivity contribution in [1.29, 1.82) is 0 Å². The Morgan fingerprint density at radius 1 is 1.20 bits per heavy atom. The zero-order chi connectivity index (χ0) is 19.9. The van der Waals surface area contributed by atoms with Crippen molar-refractivity contribution in [2.24, 2.45) is 10.9 Å². The molecular weight excluding hydrogens is 487 g/mol. The van der Waals surface area contributed by atoms with Gasteiger partial charge in [0.1, 0.15) is 0 Å². The minimum Gasteiger partial charge on any atom is -0.377 e. The molecule has 30 heavy (non-hydrogen) atoms. The molecule has 0 radical (unpaired) electrons. The summed E-state index contributed by atoms with van der Waals surface area (Å²) >= 11 is 0. The van der Waals surface area contributed by atoms with Gasteiger partial charge in [-0.2, -0.15) is 0 Å². The molecule has 2 unspecified atom stereocenters. The van der Waals surface area contributed by atoms with Crippen molar-refractivity contribution in [3.8, 4) is 0 Å². The molecule has 2 atom stereocenters. The standard InChI is InChI=1S/C24H36N4O.HI/c1-25-24(26-13-9-20-11-16-29-17-12-20)28-15-10-23-22(19-28)8-5-14-27(23)18-21-6-3-2-4-7-21;/h2-4,6-7,11,22-23H,5,8-10,12-19H2,1H3,(H,25,26);1H. The molecule has 1 aromatic rings. The van der Waals surface area contributed by atoms with Crippen LogP contribution in [0.15, 0.2) is 47.0 Å². The van der Waals surface area contributed by atoms with Crippen LogP contribution in [-0.4, -0.2) is 68.2 Å². The van der Waals surface area contributed by atoms with E-state index in [1.54, 1.807) is 0 Å². The number of hydrogen-bond donors (Lipinski definition) is 1. The molecule has 0 spiro atoms. The summed E-state index contributed by atoms with van der Waals surface area (Å²) in [5.74, 6) is 1.83. The first kappa shape index (κ1) is 23.5. The van der Waals surface area contributed by atoms with E-state index in [2.05, 4.69) is 56.5 Å². The number of fused-ring (bicyclic) bond motifs is 1. The summed E-state index contributed by atoms with van der Waals surface area (Å²) in [6.07, 6.45) is 8.29. The number of guanidine groups is 1. The predicted molar refractivity (Wildman–Crippen MR) is 134 cm³/mol. The van der Waals surface area contributed by atoms with Crippen LogP contribution in [0.25, 0.3) is 0 Å². The summed E-state index contributed by atoms with van der Waals surface area (Å²) in [7, 11) is 1.92. The van der Waals surface area contributed by atoms with Gasteiger partial charge in [0, 0.05) is 39.3 Å². The topological polar surface area (TPSA) is 40.1 Å². The quantitative estimate of drug-likeness (QED) is 0.275. The largest absolute Gasteiger partial charge is 0.377 e. The average Bonchev–Trinajstić information content (AvgIpc) is 2.78. The molecule has 0 amide bonds. The first-order valence-electron chi connectivity index (χ1n) is 11.3. The van der Waals surface area contributed by atoms with E-state index in [-0.39, 0.29) is 24.0 Å². The number of rotatable bonds is 5. The fourth-order valence-corrected chi connectivity index (χ4v) is 5.17. The Hall–Kier alpha value is -1.12. The van der Waals surface area contributed by atoms with E-state index in [0.717, 1.165) is 64.1 Å². The van der Waals surface area contributed by atoms with Crippen LogP contribution in [0.1, 0.15) is 37.7 Å². The number of likely N-dealkylation sites (tertiary alicyclic amines) is 2. The van der Waals surface area contributed by atoms with Crippen molar-refractivity contribution < 1.29 is 4.74 Å². The number of ether oxygens (including phenoxy) is 1. The second kappa shape index (κ2) is 12.1. The SMILES string of the molecule is CN=C(NCCC1=CCOCC1)N1CCC2C(CCCN2Cc2ccccc2)C1.I. The van der Waals surface area contributed by atoms with Gasteiger partial charge in [0.15, 0.2) is 5.96 Å². The minimum atomic E-state index is 0. The van der Waals surface area contributed by atoms with Crippen molar-refractivity contribution in [2.75, 3.05) is 46.4 Å². The Bertz CT molecular complexity index is 708. The van der Waals surface area contributed by atoms with Gasteiger partial charge in [0.05, 0.1) is 13.2 Å². The highest BCUT2D eigenvalue weighted by atomic mass is 127. The second-order valence-corrected chi connectivity index (χ2v) is 8.57. The van der Waals surface area contributed by atoms with E-state index in [0.29, 0.717) is 6.04 Å². The molecule has 1 aromatic carbocycles. The highest BCUT2D eigenvalue weighted by Gasteiger charge is 2.36. The summed E-state index contributed by atoms with van der Waals surface area (Å²) in [5, 5.41) is 3.61. The number of hydrogen-bond acceptors (Lipinski definition) is 3. The lowest BCUT2D eigenvalue weighted by Crippen LogP contribution is -2.56. The second-order valence-electron chi connectivity index (χ2n) is 8.57. The Morgan fingerprint density at radius 3 is 2.83 bits per heavy atom. The monoisotopic (exact) mass is 524 g/mol. The van der Waals surface area contributed by atoms with Gasteiger partial charge in [-0.3, -0.25) is 9.89 Å². The highest BCUT2D eigenvalue weighted by Crippen LogP contribution is 2.31. The van der Waals surface area contributed by atoms with Crippen molar-refractivity contribution in [2.45, 2.75) is 44.7 Å². The summed E-state index contributed by atoms with van der Waals surface area (Å²) in [6.45, 7) is 7.17. The number of nitrogens with zero attached hydrogens (tertiary/aromatic N) is 3. The van der Waals surface area contributed by atoms with E-state index in [1.807, 2.05) is 7.05 Å². The van der Waals surface area contributed by atoms with E-state index in [1.165, 1.54) is 36.9 Å². The molecular formula is C24H37IN4O. The molecule has 3 heterocycles. The third-order valence-corrected chi connectivity index (χ3v) is 6.71. The molecule has 0 saturated carbocycles. The Labute approximate surface area is 199 Å². The van der Waals surface area contributed by atoms with Gasteiger partial charge in [-0.15, -0.1) is 24.0 Å². The number of benzene rings is 1. The normalized spacial score (nSPS) is 25.2. The van der Waals surface area contributed by atoms with Crippen molar-refractivity contribution in [1.82, 2.24) is 15.1 Å². The average molecular weight is 524 g/mol. The maximum Gasteiger partial charge on any atom is 0.193 e. The van der Waals surface area contributed by atoms with Gasteiger partial charge in [-0.1, -0.05) is 42.0 Å². The van der Waals surface area contributed by atoms with Crippen LogP contribution in [0.2, 0.25) is 0 Å². The van der Waals surface area contributed by atoms with Gasteiger partial charge in [0.25, 0.3) is 0 Å². The van der Waals surface area contributed by atoms with Crippen LogP contribution < -0.4 is 5.32 Å². The molecule has 6 heteroatoms. The molecule has 0 aliphatic carbocycles. The van der Waals surface area contributed by atoms with Crippen LogP contribution in [-0.2, 0) is 11.3 Å². The minimum absolute atomic E-state index is 0. The van der Waals surface area contributed by atoms with Gasteiger partial charge in [0.2, 0.25) is 0 Å². The lowest BCUT2D eigenvalue weighted by Gasteiger charge is -2.48. The van der Waals surface area contributed by atoms with Crippen molar-refractivity contribution in [3.05, 3.63) is 47.5 Å². The van der Waals surface area contributed by atoms with Crippen LogP contribution in [0.5, 0.6) is 0 Å². The lowest BCUT2D eigenvalue weighted by atomic mass is 9.83. The van der Waals surface area contributed by atoms with E-state index in [4.69, 9.17) is 4.74 Å². The van der Waals surface area contributed by atoms with Crippen LogP contribution >= 0.6 is 24.0 Å². The number of aliphatic imine (C=N–C) groups is 1. The zero-order valence-electron chi connectivity index (χ0n) is 18.3. The molecule has 5 nitrogen and oxygen atoms in total. The van der Waals surface area contributed by atoms with Gasteiger partial charge >= 0.3 is 0 Å². The van der Waals surface area contributed by atoms with Gasteiger partial charge < -0.3 is 15.0 Å². The Balaban J connectivity index is 0.00000256. The van der Waals surface area contributed by atoms with E-state index >= 15 is 0 Å². The first-order valence-corrected chi connectivity index (χ1v) is 11.3. The summed E-state index contributed by atoms with van der Waals surface area (Å²) in [4.78, 5) is 9.81. The van der Waals surface area contributed by atoms with Gasteiger partial charge in [-0.05, 0) is 50.1 Å². The lowest BCUT2D eigenvalue weighted by molar-refractivity contribution is 0.0373. The van der Waals surface area contributed by atoms with Crippen LogP contribution in [0, 0.1) is 5.92 Å². The van der Waals surface area contributed by atoms with Crippen LogP contribution in [0.3, 0.4) is 0 Å². The van der Waals surface area contributed by atoms with Crippen molar-refractivity contribution >= 4 is 29.9 Å². The van der Waals surface area contributed by atoms with Gasteiger partial charge in [-0.25, -0.2) is 0 Å². The zero-order valence-corrected chi connectivity index (χ0v) is 20.6. The predicted octanol–water partition coefficient (Wildman–Crippen LogP) is 3.90. The number of nitrogens with one attached hydrogen (secondary N) is 1. The molecule has 0 aromatic heterocycles. The van der Waals surface area contributed by atoms with Crippen molar-refractivity contribution in [3.63, 3.8) is 0 Å². The van der Waals surface area contributed by atoms with Crippen LogP contribution in [0.4, 0.5) is 0 Å². The smallest absolute Gasteiger partial charge is 0.193 e. The maximum atomic E-state index is 5.41. The molecule has 3 aliphatic heterocycles. The molecule has 2 saturated heterocycles. The maximum absolute atomic E-state index is 5.41. The fourth-order valence-electron chi connectivity index (χ4n) is 5.17. The number of halogens is 1. The van der Waals surface area contributed by atoms with E-state index in [9.17, 15) is 0 Å². The summed E-state index contributed by atoms with van der Waals surface area (Å²) < 4.78 is 5.41. The molecule has 3 aliphatic rings. The summed E-state index contributed by atoms with van der Waals surface area (Å²) in [6, 6.07) is 11.7.